The molecule has 0 radical (unpaired) electrons. The lowest BCUT2D eigenvalue weighted by atomic mass is 10.2. The van der Waals surface area contributed by atoms with Crippen LogP contribution in [0.3, 0.4) is 0 Å². The summed E-state index contributed by atoms with van der Waals surface area (Å²) in [5.74, 6) is 3.48. The molecule has 7 nitrogen and oxygen atoms in total. The topological polar surface area (TPSA) is 70.5 Å². The first-order valence-corrected chi connectivity index (χ1v) is 8.48. The van der Waals surface area contributed by atoms with Gasteiger partial charge in [-0.3, -0.25) is 9.67 Å². The fourth-order valence-electron chi connectivity index (χ4n) is 2.70. The summed E-state index contributed by atoms with van der Waals surface area (Å²) in [6.07, 6.45) is 0. The highest BCUT2D eigenvalue weighted by Gasteiger charge is 2.15. The van der Waals surface area contributed by atoms with Crippen molar-refractivity contribution in [3.8, 4) is 28.7 Å². The lowest BCUT2D eigenvalue weighted by Crippen LogP contribution is -2.15. The number of rotatable bonds is 5. The maximum atomic E-state index is 5.84. The van der Waals surface area contributed by atoms with Crippen LogP contribution in [0.15, 0.2) is 42.5 Å². The minimum atomic E-state index is 0.245. The van der Waals surface area contributed by atoms with Gasteiger partial charge in [0.1, 0.15) is 31.3 Å². The third-order valence-electron chi connectivity index (χ3n) is 3.93. The predicted octanol–water partition coefficient (Wildman–Crippen LogP) is 3.29. The van der Waals surface area contributed by atoms with Gasteiger partial charge in [0, 0.05) is 12.1 Å². The van der Waals surface area contributed by atoms with Crippen LogP contribution in [0.25, 0.3) is 5.69 Å². The molecular weight excluding hydrogens is 354 g/mol. The van der Waals surface area contributed by atoms with E-state index in [0.29, 0.717) is 35.3 Å². The number of benzene rings is 2. The lowest BCUT2D eigenvalue weighted by Gasteiger charge is -2.19. The van der Waals surface area contributed by atoms with Crippen LogP contribution in [0.2, 0.25) is 0 Å². The molecule has 8 heteroatoms. The molecule has 3 aromatic rings. The third kappa shape index (κ3) is 3.23. The molecule has 1 aromatic heterocycles. The number of aromatic nitrogens is 3. The summed E-state index contributed by atoms with van der Waals surface area (Å²) in [6, 6.07) is 13.1. The largest absolute Gasteiger partial charge is 0.497 e. The summed E-state index contributed by atoms with van der Waals surface area (Å²) in [5, 5.41) is 7.09. The normalized spacial score (nSPS) is 12.7. The SMILES string of the molecule is COc1cccc(OCc2n[nH]c(=S)n2-c2ccc3c(c2)OCCO3)c1. The standard InChI is InChI=1S/C18H17N3O4S/c1-22-13-3-2-4-14(10-13)25-11-17-19-20-18(26)21(17)12-5-6-15-16(9-12)24-8-7-23-15/h2-6,9-10H,7-8,11H2,1H3,(H,20,26). The van der Waals surface area contributed by atoms with Crippen LogP contribution in [0.5, 0.6) is 23.0 Å². The zero-order valence-corrected chi connectivity index (χ0v) is 14.9. The average Bonchev–Trinajstić information content (AvgIpc) is 3.06. The van der Waals surface area contributed by atoms with Crippen LogP contribution < -0.4 is 18.9 Å². The molecule has 2 aromatic carbocycles. The maximum absolute atomic E-state index is 5.84. The summed E-state index contributed by atoms with van der Waals surface area (Å²) in [7, 11) is 1.62. The molecule has 1 aliphatic heterocycles. The predicted molar refractivity (Wildman–Crippen MR) is 97.1 cm³/mol. The molecule has 0 amide bonds. The first kappa shape index (κ1) is 16.5. The number of hydrogen-bond acceptors (Lipinski definition) is 6. The highest BCUT2D eigenvalue weighted by atomic mass is 32.1. The number of methoxy groups -OCH3 is 1. The minimum absolute atomic E-state index is 0.245. The van der Waals surface area contributed by atoms with Gasteiger partial charge in [0.15, 0.2) is 22.1 Å². The van der Waals surface area contributed by atoms with E-state index in [9.17, 15) is 0 Å². The van der Waals surface area contributed by atoms with E-state index >= 15 is 0 Å². The van der Waals surface area contributed by atoms with E-state index < -0.39 is 0 Å². The Morgan fingerprint density at radius 3 is 2.77 bits per heavy atom. The van der Waals surface area contributed by atoms with Gasteiger partial charge in [0.2, 0.25) is 0 Å². The average molecular weight is 371 g/mol. The van der Waals surface area contributed by atoms with Crippen LogP contribution in [-0.2, 0) is 6.61 Å². The Balaban J connectivity index is 1.60. The summed E-state index contributed by atoms with van der Waals surface area (Å²) in [6.45, 7) is 1.32. The molecule has 26 heavy (non-hydrogen) atoms. The fourth-order valence-corrected chi connectivity index (χ4v) is 2.96. The highest BCUT2D eigenvalue weighted by Crippen LogP contribution is 2.32. The van der Waals surface area contributed by atoms with Crippen molar-refractivity contribution in [3.05, 3.63) is 53.1 Å². The van der Waals surface area contributed by atoms with Crippen molar-refractivity contribution in [2.24, 2.45) is 0 Å². The van der Waals surface area contributed by atoms with E-state index in [1.807, 2.05) is 47.0 Å². The molecule has 0 saturated carbocycles. The van der Waals surface area contributed by atoms with Gasteiger partial charge in [-0.15, -0.1) is 0 Å². The van der Waals surface area contributed by atoms with Crippen LogP contribution in [0.1, 0.15) is 5.82 Å². The lowest BCUT2D eigenvalue weighted by molar-refractivity contribution is 0.171. The van der Waals surface area contributed by atoms with Gasteiger partial charge in [-0.25, -0.2) is 0 Å². The van der Waals surface area contributed by atoms with Gasteiger partial charge in [-0.05, 0) is 36.5 Å². The fraction of sp³-hybridized carbons (Fsp3) is 0.222. The van der Waals surface area contributed by atoms with E-state index in [2.05, 4.69) is 10.2 Å². The molecule has 0 saturated heterocycles. The molecule has 0 spiro atoms. The third-order valence-corrected chi connectivity index (χ3v) is 4.21. The van der Waals surface area contributed by atoms with Crippen LogP contribution in [-0.4, -0.2) is 35.1 Å². The number of H-pyrrole nitrogens is 1. The second-order valence-corrected chi connectivity index (χ2v) is 5.96. The quantitative estimate of drug-likeness (QED) is 0.694. The second kappa shape index (κ2) is 7.09. The smallest absolute Gasteiger partial charge is 0.199 e. The van der Waals surface area contributed by atoms with Gasteiger partial charge >= 0.3 is 0 Å². The Kier molecular flexibility index (Phi) is 4.49. The van der Waals surface area contributed by atoms with E-state index in [-0.39, 0.29) is 6.61 Å². The number of fused-ring (bicyclic) bond motifs is 1. The van der Waals surface area contributed by atoms with Crippen molar-refractivity contribution in [3.63, 3.8) is 0 Å². The molecule has 0 unspecified atom stereocenters. The van der Waals surface area contributed by atoms with Crippen molar-refractivity contribution in [1.82, 2.24) is 14.8 Å². The molecule has 0 aliphatic carbocycles. The number of aromatic amines is 1. The Morgan fingerprint density at radius 2 is 1.92 bits per heavy atom. The number of nitrogens with zero attached hydrogens (tertiary/aromatic N) is 2. The molecule has 1 N–H and O–H groups in total. The summed E-state index contributed by atoms with van der Waals surface area (Å²) in [4.78, 5) is 0. The Labute approximate surface area is 155 Å². The summed E-state index contributed by atoms with van der Waals surface area (Å²) >= 11 is 5.38. The van der Waals surface area contributed by atoms with Crippen molar-refractivity contribution >= 4 is 12.2 Å². The van der Waals surface area contributed by atoms with Crippen molar-refractivity contribution < 1.29 is 18.9 Å². The van der Waals surface area contributed by atoms with Gasteiger partial charge in [0.05, 0.1) is 12.8 Å². The molecule has 1 aliphatic rings. The first-order chi connectivity index (χ1) is 12.7. The first-order valence-electron chi connectivity index (χ1n) is 8.08. The van der Waals surface area contributed by atoms with Crippen LogP contribution in [0.4, 0.5) is 0 Å². The molecule has 4 rings (SSSR count). The van der Waals surface area contributed by atoms with Gasteiger partial charge < -0.3 is 18.9 Å². The number of nitrogens with one attached hydrogen (secondary N) is 1. The molecule has 134 valence electrons. The molecule has 0 fully saturated rings. The van der Waals surface area contributed by atoms with Crippen LogP contribution >= 0.6 is 12.2 Å². The van der Waals surface area contributed by atoms with E-state index in [0.717, 1.165) is 17.2 Å². The Hall–Kier alpha value is -3.00. The van der Waals surface area contributed by atoms with E-state index in [1.54, 1.807) is 7.11 Å². The zero-order chi connectivity index (χ0) is 17.9. The minimum Gasteiger partial charge on any atom is -0.497 e. The monoisotopic (exact) mass is 371 g/mol. The number of ether oxygens (including phenoxy) is 4. The molecule has 0 atom stereocenters. The van der Waals surface area contributed by atoms with E-state index in [4.69, 9.17) is 31.2 Å². The zero-order valence-electron chi connectivity index (χ0n) is 14.1. The molecular formula is C18H17N3O4S. The number of hydrogen-bond donors (Lipinski definition) is 1. The Morgan fingerprint density at radius 1 is 1.12 bits per heavy atom. The Bertz CT molecular complexity index is 983. The maximum Gasteiger partial charge on any atom is 0.199 e. The molecule has 2 heterocycles. The van der Waals surface area contributed by atoms with Gasteiger partial charge in [-0.1, -0.05) is 6.07 Å². The van der Waals surface area contributed by atoms with Crippen molar-refractivity contribution in [2.75, 3.05) is 20.3 Å². The van der Waals surface area contributed by atoms with Crippen LogP contribution in [0, 0.1) is 4.77 Å². The highest BCUT2D eigenvalue weighted by molar-refractivity contribution is 7.71. The van der Waals surface area contributed by atoms with Gasteiger partial charge in [0.25, 0.3) is 0 Å². The van der Waals surface area contributed by atoms with Crippen molar-refractivity contribution in [2.45, 2.75) is 6.61 Å². The van der Waals surface area contributed by atoms with Crippen molar-refractivity contribution in [1.29, 1.82) is 0 Å². The van der Waals surface area contributed by atoms with E-state index in [1.165, 1.54) is 0 Å². The van der Waals surface area contributed by atoms with Gasteiger partial charge in [-0.2, -0.15) is 5.10 Å². The molecule has 0 bridgehead atoms. The second-order valence-electron chi connectivity index (χ2n) is 5.58. The summed E-state index contributed by atoms with van der Waals surface area (Å²) in [5.41, 5.74) is 0.831. The summed E-state index contributed by atoms with van der Waals surface area (Å²) < 4.78 is 24.5.